The molecule has 3 rings (SSSR count). The molecule has 34 heavy (non-hydrogen) atoms. The van der Waals surface area contributed by atoms with Gasteiger partial charge in [-0.25, -0.2) is 8.42 Å². The Morgan fingerprint density at radius 1 is 1.06 bits per heavy atom. The fourth-order valence-electron chi connectivity index (χ4n) is 3.57. The standard InChI is InChI=1S/C21H22F6N2O4S/c1-29(2)15-9-16-18(32-3)5-4-17(19(16)33-10-15)28-34(30,31)11-12-6-13(20(22,23)24)8-14(7-12)21(25,26)27/h4-8,15,28H,9-11H2,1-3H3/t15-/m1/s1. The number of fused-ring (bicyclic) bond motifs is 1. The molecule has 6 nitrogen and oxygen atoms in total. The number of likely N-dealkylation sites (N-methyl/N-ethyl adjacent to an activating group) is 1. The van der Waals surface area contributed by atoms with Gasteiger partial charge in [-0.05, 0) is 56.4 Å². The zero-order valence-corrected chi connectivity index (χ0v) is 19.2. The van der Waals surface area contributed by atoms with Crippen molar-refractivity contribution in [3.8, 4) is 11.5 Å². The summed E-state index contributed by atoms with van der Waals surface area (Å²) >= 11 is 0. The first kappa shape index (κ1) is 25.9. The molecule has 2 aromatic carbocycles. The number of hydrogen-bond donors (Lipinski definition) is 1. The first-order valence-electron chi connectivity index (χ1n) is 9.88. The topological polar surface area (TPSA) is 67.9 Å². The monoisotopic (exact) mass is 512 g/mol. The van der Waals surface area contributed by atoms with Gasteiger partial charge in [0.25, 0.3) is 0 Å². The van der Waals surface area contributed by atoms with Gasteiger partial charge in [-0.1, -0.05) is 0 Å². The number of alkyl halides is 6. The lowest BCUT2D eigenvalue weighted by atomic mass is 10.00. The van der Waals surface area contributed by atoms with E-state index in [0.29, 0.717) is 29.9 Å². The number of halogens is 6. The Morgan fingerprint density at radius 2 is 1.65 bits per heavy atom. The van der Waals surface area contributed by atoms with E-state index in [0.717, 1.165) is 0 Å². The van der Waals surface area contributed by atoms with Crippen LogP contribution in [0.25, 0.3) is 0 Å². The van der Waals surface area contributed by atoms with Crippen LogP contribution < -0.4 is 14.2 Å². The number of sulfonamides is 1. The summed E-state index contributed by atoms with van der Waals surface area (Å²) in [7, 11) is 0.723. The van der Waals surface area contributed by atoms with Crippen LogP contribution in [0.15, 0.2) is 30.3 Å². The van der Waals surface area contributed by atoms with Crippen molar-refractivity contribution in [3.05, 3.63) is 52.6 Å². The third-order valence-electron chi connectivity index (χ3n) is 5.30. The molecule has 1 atom stereocenters. The second kappa shape index (κ2) is 9.17. The van der Waals surface area contributed by atoms with E-state index in [2.05, 4.69) is 4.72 Å². The Hall–Kier alpha value is -2.67. The summed E-state index contributed by atoms with van der Waals surface area (Å²) in [5.41, 5.74) is -3.24. The molecule has 0 saturated heterocycles. The van der Waals surface area contributed by atoms with Crippen molar-refractivity contribution in [2.75, 3.05) is 32.5 Å². The Labute approximate surface area is 192 Å². The number of rotatable bonds is 6. The maximum atomic E-state index is 13.1. The molecule has 0 saturated carbocycles. The molecule has 188 valence electrons. The SMILES string of the molecule is COc1ccc(NS(=O)(=O)Cc2cc(C(F)(F)F)cc(C(F)(F)F)c2)c2c1C[C@@H](N(C)C)CO2. The smallest absolute Gasteiger partial charge is 0.416 e. The van der Waals surface area contributed by atoms with E-state index in [-0.39, 0.29) is 30.2 Å². The highest BCUT2D eigenvalue weighted by Crippen LogP contribution is 2.41. The maximum absolute atomic E-state index is 13.1. The number of methoxy groups -OCH3 is 1. The van der Waals surface area contributed by atoms with E-state index in [1.165, 1.54) is 19.2 Å². The van der Waals surface area contributed by atoms with E-state index in [1.54, 1.807) is 0 Å². The van der Waals surface area contributed by atoms with Crippen molar-refractivity contribution in [1.82, 2.24) is 4.90 Å². The molecule has 1 aliphatic rings. The zero-order valence-electron chi connectivity index (χ0n) is 18.3. The molecule has 1 aliphatic heterocycles. The quantitative estimate of drug-likeness (QED) is 0.576. The predicted octanol–water partition coefficient (Wildman–Crippen LogP) is 4.54. The third kappa shape index (κ3) is 5.87. The Bertz CT molecular complexity index is 1130. The number of hydrogen-bond acceptors (Lipinski definition) is 5. The predicted molar refractivity (Wildman–Crippen MR) is 112 cm³/mol. The number of benzene rings is 2. The number of nitrogens with zero attached hydrogens (tertiary/aromatic N) is 1. The van der Waals surface area contributed by atoms with Crippen LogP contribution in [0.5, 0.6) is 11.5 Å². The highest BCUT2D eigenvalue weighted by molar-refractivity contribution is 7.91. The van der Waals surface area contributed by atoms with E-state index < -0.39 is 44.8 Å². The van der Waals surface area contributed by atoms with E-state index >= 15 is 0 Å². The maximum Gasteiger partial charge on any atom is 0.416 e. The van der Waals surface area contributed by atoms with Crippen LogP contribution >= 0.6 is 0 Å². The second-order valence-electron chi connectivity index (χ2n) is 8.03. The van der Waals surface area contributed by atoms with Gasteiger partial charge >= 0.3 is 12.4 Å². The molecule has 0 bridgehead atoms. The van der Waals surface area contributed by atoms with Gasteiger partial charge in [0.05, 0.1) is 29.7 Å². The largest absolute Gasteiger partial charge is 0.496 e. The average Bonchev–Trinajstić information content (AvgIpc) is 2.71. The Kier molecular flexibility index (Phi) is 7.00. The van der Waals surface area contributed by atoms with Gasteiger partial charge in [-0.15, -0.1) is 0 Å². The summed E-state index contributed by atoms with van der Waals surface area (Å²) in [5, 5.41) is 0. The van der Waals surface area contributed by atoms with Crippen LogP contribution in [-0.4, -0.2) is 47.2 Å². The minimum atomic E-state index is -5.08. The summed E-state index contributed by atoms with van der Waals surface area (Å²) in [6.07, 6.45) is -9.69. The molecule has 0 radical (unpaired) electrons. The van der Waals surface area contributed by atoms with Gasteiger partial charge in [0.2, 0.25) is 10.0 Å². The number of anilines is 1. The molecular weight excluding hydrogens is 490 g/mol. The van der Waals surface area contributed by atoms with Gasteiger partial charge < -0.3 is 14.4 Å². The summed E-state index contributed by atoms with van der Waals surface area (Å²) in [5.74, 6) is -0.459. The van der Waals surface area contributed by atoms with Crippen molar-refractivity contribution in [2.45, 2.75) is 30.6 Å². The van der Waals surface area contributed by atoms with Gasteiger partial charge in [-0.2, -0.15) is 26.3 Å². The van der Waals surface area contributed by atoms with Crippen molar-refractivity contribution in [2.24, 2.45) is 0 Å². The summed E-state index contributed by atoms with van der Waals surface area (Å²) in [6.45, 7) is 0.241. The van der Waals surface area contributed by atoms with E-state index in [9.17, 15) is 34.8 Å². The van der Waals surface area contributed by atoms with Crippen LogP contribution in [0.1, 0.15) is 22.3 Å². The zero-order chi connectivity index (χ0) is 25.5. The van der Waals surface area contributed by atoms with Crippen LogP contribution in [0.4, 0.5) is 32.0 Å². The van der Waals surface area contributed by atoms with Crippen molar-refractivity contribution < 1.29 is 44.2 Å². The average molecular weight is 512 g/mol. The Balaban J connectivity index is 1.95. The molecule has 13 heteroatoms. The van der Waals surface area contributed by atoms with Gasteiger partial charge in [-0.3, -0.25) is 4.72 Å². The van der Waals surface area contributed by atoms with Crippen LogP contribution in [0.3, 0.4) is 0 Å². The minimum Gasteiger partial charge on any atom is -0.496 e. The lowest BCUT2D eigenvalue weighted by Gasteiger charge is -2.32. The van der Waals surface area contributed by atoms with Crippen molar-refractivity contribution in [1.29, 1.82) is 0 Å². The van der Waals surface area contributed by atoms with Gasteiger partial charge in [0.1, 0.15) is 18.1 Å². The van der Waals surface area contributed by atoms with Crippen LogP contribution in [0.2, 0.25) is 0 Å². The van der Waals surface area contributed by atoms with Crippen LogP contribution in [0, 0.1) is 0 Å². The first-order valence-corrected chi connectivity index (χ1v) is 11.5. The van der Waals surface area contributed by atoms with Crippen molar-refractivity contribution >= 4 is 15.7 Å². The molecule has 0 amide bonds. The first-order chi connectivity index (χ1) is 15.6. The molecular formula is C21H22F6N2O4S. The highest BCUT2D eigenvalue weighted by Gasteiger charge is 2.37. The molecule has 2 aromatic rings. The molecule has 0 spiro atoms. The highest BCUT2D eigenvalue weighted by atomic mass is 32.2. The fraction of sp³-hybridized carbons (Fsp3) is 0.429. The van der Waals surface area contributed by atoms with E-state index in [1.807, 2.05) is 19.0 Å². The lowest BCUT2D eigenvalue weighted by Crippen LogP contribution is -2.38. The van der Waals surface area contributed by atoms with Crippen molar-refractivity contribution in [3.63, 3.8) is 0 Å². The molecule has 1 N–H and O–H groups in total. The van der Waals surface area contributed by atoms with E-state index in [4.69, 9.17) is 9.47 Å². The second-order valence-corrected chi connectivity index (χ2v) is 9.75. The summed E-state index contributed by atoms with van der Waals surface area (Å²) < 4.78 is 117. The summed E-state index contributed by atoms with van der Waals surface area (Å²) in [4.78, 5) is 1.92. The minimum absolute atomic E-state index is 0.0102. The molecule has 0 fully saturated rings. The normalized spacial score (nSPS) is 16.7. The van der Waals surface area contributed by atoms with Gasteiger partial charge in [0, 0.05) is 11.6 Å². The number of ether oxygens (including phenoxy) is 2. The Morgan fingerprint density at radius 3 is 2.15 bits per heavy atom. The fourth-order valence-corrected chi connectivity index (χ4v) is 4.74. The lowest BCUT2D eigenvalue weighted by molar-refractivity contribution is -0.143. The molecule has 0 unspecified atom stereocenters. The molecule has 0 aromatic heterocycles. The molecule has 1 heterocycles. The van der Waals surface area contributed by atoms with Crippen LogP contribution in [-0.2, 0) is 34.5 Å². The third-order valence-corrected chi connectivity index (χ3v) is 6.54. The molecule has 0 aliphatic carbocycles. The number of nitrogens with one attached hydrogen (secondary N) is 1. The summed E-state index contributed by atoms with van der Waals surface area (Å²) in [6, 6.07) is 3.56. The van der Waals surface area contributed by atoms with Gasteiger partial charge in [0.15, 0.2) is 0 Å².